The number of hydrogen-bond donors (Lipinski definition) is 1. The lowest BCUT2D eigenvalue weighted by Crippen LogP contribution is -2.45. The van der Waals surface area contributed by atoms with Gasteiger partial charge in [-0.2, -0.15) is 18.4 Å². The fourth-order valence-electron chi connectivity index (χ4n) is 5.46. The molecule has 5 rings (SSSR count). The van der Waals surface area contributed by atoms with Crippen LogP contribution in [-0.2, 0) is 22.7 Å². The zero-order valence-corrected chi connectivity index (χ0v) is 24.9. The Morgan fingerprint density at radius 1 is 1.07 bits per heavy atom. The molecule has 11 nitrogen and oxygen atoms in total. The van der Waals surface area contributed by atoms with Crippen molar-refractivity contribution in [3.63, 3.8) is 0 Å². The van der Waals surface area contributed by atoms with E-state index in [1.165, 1.54) is 21.4 Å². The minimum Gasteiger partial charge on any atom is -0.351 e. The van der Waals surface area contributed by atoms with Crippen LogP contribution >= 0.6 is 0 Å². The largest absolute Gasteiger partial charge is 0.420 e. The molecular formula is C28H34F3N9O2S. The summed E-state index contributed by atoms with van der Waals surface area (Å²) in [6.07, 6.45) is 0.865. The van der Waals surface area contributed by atoms with E-state index in [1.54, 1.807) is 6.07 Å². The molecule has 0 atom stereocenters. The molecule has 0 spiro atoms. The van der Waals surface area contributed by atoms with Crippen molar-refractivity contribution in [2.45, 2.75) is 38.5 Å². The van der Waals surface area contributed by atoms with Crippen molar-refractivity contribution in [3.05, 3.63) is 53.6 Å². The van der Waals surface area contributed by atoms with Gasteiger partial charge in [0.05, 0.1) is 17.5 Å². The van der Waals surface area contributed by atoms with E-state index in [2.05, 4.69) is 43.1 Å². The molecule has 4 heterocycles. The highest BCUT2D eigenvalue weighted by Crippen LogP contribution is 2.36. The van der Waals surface area contributed by atoms with Gasteiger partial charge < -0.3 is 14.8 Å². The summed E-state index contributed by atoms with van der Waals surface area (Å²) in [5.74, 6) is -0.00260. The Hall–Kier alpha value is -3.58. The number of sulfonamides is 1. The predicted molar refractivity (Wildman–Crippen MR) is 155 cm³/mol. The number of aromatic nitrogens is 4. The van der Waals surface area contributed by atoms with Crippen LogP contribution < -0.4 is 5.32 Å². The van der Waals surface area contributed by atoms with Crippen LogP contribution in [0.3, 0.4) is 0 Å². The van der Waals surface area contributed by atoms with Crippen molar-refractivity contribution in [1.29, 1.82) is 5.26 Å². The standard InChI is InChI=1S/C28H34F3N9O2S/c1-3-37-10-12-38(13-11-37)17-20-4-5-25(21(14-20)15-32)39-18-24(34-19-39)26-23(28(29,30)31)16-33-27(36-26)35-22-6-8-40(9-7-22)43(2,41)42/h4-5,14,16,18-19,22H,3,6-13,17H2,1-2H3,(H,33,35,36). The molecule has 230 valence electrons. The van der Waals surface area contributed by atoms with E-state index in [4.69, 9.17) is 0 Å². The molecule has 0 unspecified atom stereocenters. The smallest absolute Gasteiger partial charge is 0.351 e. The predicted octanol–water partition coefficient (Wildman–Crippen LogP) is 3.19. The van der Waals surface area contributed by atoms with Crippen LogP contribution in [0.1, 0.15) is 36.5 Å². The molecule has 3 aromatic rings. The number of rotatable bonds is 8. The molecule has 0 bridgehead atoms. The van der Waals surface area contributed by atoms with Crippen LogP contribution in [0.5, 0.6) is 0 Å². The van der Waals surface area contributed by atoms with Gasteiger partial charge in [-0.1, -0.05) is 13.0 Å². The fourth-order valence-corrected chi connectivity index (χ4v) is 6.34. The van der Waals surface area contributed by atoms with E-state index >= 15 is 0 Å². The number of halogens is 3. The molecule has 2 aromatic heterocycles. The van der Waals surface area contributed by atoms with Crippen LogP contribution in [0.15, 0.2) is 36.9 Å². The number of nitrogens with one attached hydrogen (secondary N) is 1. The SMILES string of the molecule is CCN1CCN(Cc2ccc(-n3cnc(-c4nc(NC5CCN(S(C)(=O)=O)CC5)ncc4C(F)(F)F)c3)c(C#N)c2)CC1. The van der Waals surface area contributed by atoms with Crippen LogP contribution in [0.4, 0.5) is 19.1 Å². The first kappa shape index (κ1) is 30.9. The van der Waals surface area contributed by atoms with Crippen LogP contribution in [0, 0.1) is 11.3 Å². The molecule has 0 amide bonds. The number of benzene rings is 1. The van der Waals surface area contributed by atoms with Crippen molar-refractivity contribution >= 4 is 16.0 Å². The molecule has 15 heteroatoms. The van der Waals surface area contributed by atoms with E-state index in [0.717, 1.165) is 50.7 Å². The molecule has 2 aliphatic rings. The first-order valence-electron chi connectivity index (χ1n) is 14.1. The van der Waals surface area contributed by atoms with Crippen molar-refractivity contribution < 1.29 is 21.6 Å². The second-order valence-electron chi connectivity index (χ2n) is 10.9. The number of imidazole rings is 1. The Morgan fingerprint density at radius 3 is 2.40 bits per heavy atom. The fraction of sp³-hybridized carbons (Fsp3) is 0.500. The monoisotopic (exact) mass is 617 g/mol. The molecule has 2 saturated heterocycles. The van der Waals surface area contributed by atoms with E-state index in [-0.39, 0.29) is 17.7 Å². The number of nitriles is 1. The first-order chi connectivity index (χ1) is 20.4. The Bertz CT molecular complexity index is 1590. The lowest BCUT2D eigenvalue weighted by molar-refractivity contribution is -0.137. The summed E-state index contributed by atoms with van der Waals surface area (Å²) in [5, 5.41) is 12.9. The van der Waals surface area contributed by atoms with Gasteiger partial charge in [-0.25, -0.2) is 27.7 Å². The second-order valence-corrected chi connectivity index (χ2v) is 12.9. The Morgan fingerprint density at radius 2 is 1.77 bits per heavy atom. The molecule has 2 aliphatic heterocycles. The van der Waals surface area contributed by atoms with Gasteiger partial charge in [-0.3, -0.25) is 4.90 Å². The minimum absolute atomic E-state index is 0.00260. The molecule has 2 fully saturated rings. The maximum atomic E-state index is 14.0. The van der Waals surface area contributed by atoms with Gasteiger partial charge in [0.25, 0.3) is 0 Å². The molecule has 1 N–H and O–H groups in total. The summed E-state index contributed by atoms with van der Waals surface area (Å²) >= 11 is 0. The van der Waals surface area contributed by atoms with Crippen LogP contribution in [-0.4, -0.2) is 100 Å². The highest BCUT2D eigenvalue weighted by molar-refractivity contribution is 7.88. The number of anilines is 1. The number of piperidine rings is 1. The average Bonchev–Trinajstić information content (AvgIpc) is 3.47. The average molecular weight is 618 g/mol. The zero-order valence-electron chi connectivity index (χ0n) is 24.0. The third kappa shape index (κ3) is 7.32. The van der Waals surface area contributed by atoms with Crippen molar-refractivity contribution in [3.8, 4) is 23.1 Å². The number of hydrogen-bond acceptors (Lipinski definition) is 9. The van der Waals surface area contributed by atoms with E-state index < -0.39 is 27.5 Å². The van der Waals surface area contributed by atoms with Crippen LogP contribution in [0.2, 0.25) is 0 Å². The topological polar surface area (TPSA) is 123 Å². The molecule has 43 heavy (non-hydrogen) atoms. The van der Waals surface area contributed by atoms with Gasteiger partial charge in [0.15, 0.2) is 0 Å². The van der Waals surface area contributed by atoms with Gasteiger partial charge in [0.1, 0.15) is 29.3 Å². The van der Waals surface area contributed by atoms with Gasteiger partial charge >= 0.3 is 6.18 Å². The van der Waals surface area contributed by atoms with E-state index in [0.29, 0.717) is 43.7 Å². The summed E-state index contributed by atoms with van der Waals surface area (Å²) in [7, 11) is -3.31. The summed E-state index contributed by atoms with van der Waals surface area (Å²) in [6, 6.07) is 7.52. The Kier molecular flexibility index (Phi) is 9.02. The third-order valence-electron chi connectivity index (χ3n) is 7.95. The van der Waals surface area contributed by atoms with Crippen LogP contribution in [0.25, 0.3) is 17.1 Å². The zero-order chi connectivity index (χ0) is 30.8. The molecular weight excluding hydrogens is 583 g/mol. The number of likely N-dealkylation sites (N-methyl/N-ethyl adjacent to an activating group) is 1. The van der Waals surface area contributed by atoms with Crippen molar-refractivity contribution in [1.82, 2.24) is 33.6 Å². The molecule has 1 aromatic carbocycles. The number of piperazine rings is 1. The highest BCUT2D eigenvalue weighted by Gasteiger charge is 2.36. The Labute approximate surface area is 249 Å². The summed E-state index contributed by atoms with van der Waals surface area (Å²) in [4.78, 5) is 17.0. The molecule has 0 aliphatic carbocycles. The van der Waals surface area contributed by atoms with E-state index in [9.17, 15) is 26.9 Å². The first-order valence-corrected chi connectivity index (χ1v) is 16.0. The maximum Gasteiger partial charge on any atom is 0.420 e. The van der Waals surface area contributed by atoms with Crippen molar-refractivity contribution in [2.24, 2.45) is 0 Å². The summed E-state index contributed by atoms with van der Waals surface area (Å²) in [5.41, 5.74) is 0.424. The minimum atomic E-state index is -4.72. The highest BCUT2D eigenvalue weighted by atomic mass is 32.2. The Balaban J connectivity index is 1.36. The van der Waals surface area contributed by atoms with Gasteiger partial charge in [-0.15, -0.1) is 0 Å². The summed E-state index contributed by atoms with van der Waals surface area (Å²) < 4.78 is 68.3. The third-order valence-corrected chi connectivity index (χ3v) is 9.26. The normalized spacial score (nSPS) is 18.0. The van der Waals surface area contributed by atoms with Gasteiger partial charge in [0, 0.05) is 64.2 Å². The molecule has 0 saturated carbocycles. The number of alkyl halides is 3. The second kappa shape index (κ2) is 12.6. The molecule has 0 radical (unpaired) electrons. The number of nitrogens with zero attached hydrogens (tertiary/aromatic N) is 8. The lowest BCUT2D eigenvalue weighted by atomic mass is 10.1. The lowest BCUT2D eigenvalue weighted by Gasteiger charge is -2.34. The van der Waals surface area contributed by atoms with E-state index in [1.807, 2.05) is 12.1 Å². The van der Waals surface area contributed by atoms with Gasteiger partial charge in [-0.05, 0) is 37.1 Å². The quantitative estimate of drug-likeness (QED) is 0.406. The maximum absolute atomic E-state index is 14.0. The van der Waals surface area contributed by atoms with Crippen molar-refractivity contribution in [2.75, 3.05) is 57.4 Å². The van der Waals surface area contributed by atoms with Gasteiger partial charge in [0.2, 0.25) is 16.0 Å². The summed E-state index contributed by atoms with van der Waals surface area (Å²) in [6.45, 7) is 8.36.